The molecular weight excluding hydrogens is 278 g/mol. The predicted octanol–water partition coefficient (Wildman–Crippen LogP) is 3.82. The van der Waals surface area contributed by atoms with Gasteiger partial charge in [0.25, 0.3) is 0 Å². The first kappa shape index (κ1) is 14.6. The van der Waals surface area contributed by atoms with Gasteiger partial charge in [-0.15, -0.1) is 0 Å². The van der Waals surface area contributed by atoms with E-state index in [1.165, 1.54) is 6.26 Å². The third-order valence-electron chi connectivity index (χ3n) is 3.30. The van der Waals surface area contributed by atoms with Gasteiger partial charge in [0, 0.05) is 11.1 Å². The van der Waals surface area contributed by atoms with Gasteiger partial charge >= 0.3 is 5.97 Å². The molecule has 20 heavy (non-hydrogen) atoms. The Balaban J connectivity index is 2.07. The summed E-state index contributed by atoms with van der Waals surface area (Å²) >= 11 is 5.99. The van der Waals surface area contributed by atoms with Crippen molar-refractivity contribution in [1.82, 2.24) is 4.90 Å². The number of benzene rings is 1. The van der Waals surface area contributed by atoms with Crippen molar-refractivity contribution in [2.45, 2.75) is 19.5 Å². The van der Waals surface area contributed by atoms with Gasteiger partial charge in [0.15, 0.2) is 0 Å². The van der Waals surface area contributed by atoms with E-state index >= 15 is 0 Å². The fraction of sp³-hybridized carbons (Fsp3) is 0.267. The molecule has 1 atom stereocenters. The van der Waals surface area contributed by atoms with Gasteiger partial charge in [0.05, 0.1) is 12.1 Å². The summed E-state index contributed by atoms with van der Waals surface area (Å²) < 4.78 is 5.26. The number of nitrogens with zero attached hydrogens (tertiary/aromatic N) is 1. The van der Waals surface area contributed by atoms with Crippen LogP contribution in [-0.4, -0.2) is 23.0 Å². The Morgan fingerprint density at radius 1 is 1.45 bits per heavy atom. The molecule has 0 saturated heterocycles. The number of carbonyl (C=O) groups is 1. The number of aromatic carboxylic acids is 1. The summed E-state index contributed by atoms with van der Waals surface area (Å²) in [6, 6.07) is 9.38. The van der Waals surface area contributed by atoms with Gasteiger partial charge in [-0.1, -0.05) is 23.7 Å². The maximum atomic E-state index is 10.8. The second kappa shape index (κ2) is 6.11. The summed E-state index contributed by atoms with van der Waals surface area (Å²) in [6.45, 7) is 2.59. The molecular formula is C15H16ClNO3. The molecule has 1 aromatic carbocycles. The zero-order valence-corrected chi connectivity index (χ0v) is 12.1. The van der Waals surface area contributed by atoms with Gasteiger partial charge < -0.3 is 9.52 Å². The maximum Gasteiger partial charge on any atom is 0.338 e. The molecule has 0 spiro atoms. The van der Waals surface area contributed by atoms with Gasteiger partial charge in [-0.3, -0.25) is 4.90 Å². The Hall–Kier alpha value is -1.78. The molecule has 0 aliphatic heterocycles. The number of furan rings is 1. The monoisotopic (exact) mass is 293 g/mol. The zero-order chi connectivity index (χ0) is 14.7. The van der Waals surface area contributed by atoms with Crippen molar-refractivity contribution in [3.05, 3.63) is 58.5 Å². The van der Waals surface area contributed by atoms with E-state index in [4.69, 9.17) is 21.1 Å². The molecule has 2 rings (SSSR count). The number of carboxylic acid groups (broad SMARTS) is 1. The molecule has 0 radical (unpaired) electrons. The molecule has 0 amide bonds. The minimum atomic E-state index is -0.981. The Bertz CT molecular complexity index is 609. The van der Waals surface area contributed by atoms with Gasteiger partial charge in [0.1, 0.15) is 12.0 Å². The van der Waals surface area contributed by atoms with E-state index in [1.807, 2.05) is 31.3 Å². The molecule has 0 aliphatic rings. The van der Waals surface area contributed by atoms with Gasteiger partial charge in [-0.2, -0.15) is 0 Å². The standard InChI is InChI=1S/C15H16ClNO3/c1-10(11-4-3-5-13(16)6-11)17(2)8-14-7-12(9-20-14)15(18)19/h3-7,9-10H,8H2,1-2H3,(H,18,19). The van der Waals surface area contributed by atoms with Gasteiger partial charge in [-0.05, 0) is 37.7 Å². The highest BCUT2D eigenvalue weighted by molar-refractivity contribution is 6.30. The lowest BCUT2D eigenvalue weighted by atomic mass is 10.1. The zero-order valence-electron chi connectivity index (χ0n) is 11.3. The molecule has 1 heterocycles. The van der Waals surface area contributed by atoms with Crippen molar-refractivity contribution in [2.75, 3.05) is 7.05 Å². The molecule has 5 heteroatoms. The first-order valence-electron chi connectivity index (χ1n) is 6.24. The van der Waals surface area contributed by atoms with E-state index < -0.39 is 5.97 Å². The molecule has 0 fully saturated rings. The summed E-state index contributed by atoms with van der Waals surface area (Å²) in [5.74, 6) is -0.357. The highest BCUT2D eigenvalue weighted by atomic mass is 35.5. The van der Waals surface area contributed by atoms with Crippen LogP contribution in [0.4, 0.5) is 0 Å². The molecule has 1 unspecified atom stereocenters. The van der Waals surface area contributed by atoms with Crippen LogP contribution in [0.3, 0.4) is 0 Å². The molecule has 0 bridgehead atoms. The van der Waals surface area contributed by atoms with Crippen LogP contribution in [0.15, 0.2) is 41.0 Å². The van der Waals surface area contributed by atoms with Crippen LogP contribution in [0.1, 0.15) is 34.6 Å². The van der Waals surface area contributed by atoms with Crippen LogP contribution < -0.4 is 0 Å². The topological polar surface area (TPSA) is 53.7 Å². The van der Waals surface area contributed by atoms with Crippen molar-refractivity contribution in [1.29, 1.82) is 0 Å². The van der Waals surface area contributed by atoms with Crippen molar-refractivity contribution >= 4 is 17.6 Å². The van der Waals surface area contributed by atoms with Gasteiger partial charge in [-0.25, -0.2) is 4.79 Å². The third-order valence-corrected chi connectivity index (χ3v) is 3.53. The van der Waals surface area contributed by atoms with E-state index in [-0.39, 0.29) is 11.6 Å². The van der Waals surface area contributed by atoms with E-state index in [1.54, 1.807) is 6.07 Å². The number of rotatable bonds is 5. The van der Waals surface area contributed by atoms with Gasteiger partial charge in [0.2, 0.25) is 0 Å². The van der Waals surface area contributed by atoms with E-state index in [2.05, 4.69) is 11.8 Å². The van der Waals surface area contributed by atoms with E-state index in [9.17, 15) is 4.79 Å². The van der Waals surface area contributed by atoms with Crippen LogP contribution >= 0.6 is 11.6 Å². The second-order valence-electron chi connectivity index (χ2n) is 4.75. The first-order chi connectivity index (χ1) is 9.47. The maximum absolute atomic E-state index is 10.8. The number of hydrogen-bond donors (Lipinski definition) is 1. The van der Waals surface area contributed by atoms with Crippen molar-refractivity contribution < 1.29 is 14.3 Å². The first-order valence-corrected chi connectivity index (χ1v) is 6.61. The lowest BCUT2D eigenvalue weighted by molar-refractivity contribution is 0.0696. The molecule has 1 N–H and O–H groups in total. The highest BCUT2D eigenvalue weighted by Gasteiger charge is 2.15. The number of carboxylic acids is 1. The average molecular weight is 294 g/mol. The summed E-state index contributed by atoms with van der Waals surface area (Å²) in [7, 11) is 1.95. The number of hydrogen-bond acceptors (Lipinski definition) is 3. The Morgan fingerprint density at radius 3 is 2.80 bits per heavy atom. The van der Waals surface area contributed by atoms with Crippen LogP contribution in [0.25, 0.3) is 0 Å². The summed E-state index contributed by atoms with van der Waals surface area (Å²) in [6.07, 6.45) is 1.26. The van der Waals surface area contributed by atoms with Crippen molar-refractivity contribution in [3.8, 4) is 0 Å². The predicted molar refractivity (Wildman–Crippen MR) is 77.0 cm³/mol. The normalized spacial score (nSPS) is 12.6. The number of halogens is 1. The van der Waals surface area contributed by atoms with Crippen LogP contribution in [-0.2, 0) is 6.54 Å². The highest BCUT2D eigenvalue weighted by Crippen LogP contribution is 2.23. The minimum absolute atomic E-state index is 0.145. The Labute approximate surface area is 122 Å². The lowest BCUT2D eigenvalue weighted by Crippen LogP contribution is -2.21. The lowest BCUT2D eigenvalue weighted by Gasteiger charge is -2.24. The van der Waals surface area contributed by atoms with Crippen LogP contribution in [0.2, 0.25) is 5.02 Å². The van der Waals surface area contributed by atoms with Crippen LogP contribution in [0, 0.1) is 0 Å². The average Bonchev–Trinajstić information content (AvgIpc) is 2.86. The molecule has 4 nitrogen and oxygen atoms in total. The van der Waals surface area contributed by atoms with Crippen LogP contribution in [0.5, 0.6) is 0 Å². The molecule has 2 aromatic rings. The fourth-order valence-electron chi connectivity index (χ4n) is 1.98. The molecule has 0 aliphatic carbocycles. The molecule has 106 valence electrons. The quantitative estimate of drug-likeness (QED) is 0.910. The Morgan fingerprint density at radius 2 is 2.20 bits per heavy atom. The summed E-state index contributed by atoms with van der Waals surface area (Å²) in [4.78, 5) is 12.9. The molecule has 0 saturated carbocycles. The summed E-state index contributed by atoms with van der Waals surface area (Å²) in [5.41, 5.74) is 1.27. The Kier molecular flexibility index (Phi) is 4.47. The van der Waals surface area contributed by atoms with Crippen molar-refractivity contribution in [2.24, 2.45) is 0 Å². The largest absolute Gasteiger partial charge is 0.478 e. The second-order valence-corrected chi connectivity index (χ2v) is 5.19. The van der Waals surface area contributed by atoms with E-state index in [0.717, 1.165) is 5.56 Å². The molecule has 1 aromatic heterocycles. The van der Waals surface area contributed by atoms with E-state index in [0.29, 0.717) is 17.3 Å². The van der Waals surface area contributed by atoms with Crippen molar-refractivity contribution in [3.63, 3.8) is 0 Å². The fourth-order valence-corrected chi connectivity index (χ4v) is 2.18. The SMILES string of the molecule is CC(c1cccc(Cl)c1)N(C)Cc1cc(C(=O)O)co1. The minimum Gasteiger partial charge on any atom is -0.478 e. The smallest absolute Gasteiger partial charge is 0.338 e. The third kappa shape index (κ3) is 3.40. The summed E-state index contributed by atoms with van der Waals surface area (Å²) in [5, 5.41) is 9.56.